The van der Waals surface area contributed by atoms with Crippen LogP contribution in [0.1, 0.15) is 46.1 Å². The third-order valence-corrected chi connectivity index (χ3v) is 5.44. The summed E-state index contributed by atoms with van der Waals surface area (Å²) in [5.41, 5.74) is 3.78. The van der Waals surface area contributed by atoms with Crippen molar-refractivity contribution >= 4 is 27.3 Å². The minimum Gasteiger partial charge on any atom is -0.310 e. The van der Waals surface area contributed by atoms with E-state index in [2.05, 4.69) is 67.1 Å². The second kappa shape index (κ2) is 7.52. The van der Waals surface area contributed by atoms with Crippen LogP contribution in [0.3, 0.4) is 0 Å². The fraction of sp³-hybridized carbons (Fsp3) is 0.471. The van der Waals surface area contributed by atoms with Gasteiger partial charge in [0.25, 0.3) is 0 Å². The summed E-state index contributed by atoms with van der Waals surface area (Å²) in [6, 6.07) is 6.86. The molecule has 0 saturated carbocycles. The minimum atomic E-state index is 0.309. The summed E-state index contributed by atoms with van der Waals surface area (Å²) in [6.45, 7) is 9.60. The Kier molecular flexibility index (Phi) is 5.97. The quantitative estimate of drug-likeness (QED) is 0.767. The Morgan fingerprint density at radius 2 is 2.05 bits per heavy atom. The molecule has 2 rings (SSSR count). The summed E-state index contributed by atoms with van der Waals surface area (Å²) in [7, 11) is 0. The van der Waals surface area contributed by atoms with Gasteiger partial charge in [-0.15, -0.1) is 11.3 Å². The van der Waals surface area contributed by atoms with Gasteiger partial charge in [0.1, 0.15) is 0 Å². The van der Waals surface area contributed by atoms with Gasteiger partial charge >= 0.3 is 0 Å². The summed E-state index contributed by atoms with van der Waals surface area (Å²) < 4.78 is 1.17. The van der Waals surface area contributed by atoms with Gasteiger partial charge < -0.3 is 5.32 Å². The van der Waals surface area contributed by atoms with Crippen molar-refractivity contribution in [2.45, 2.75) is 46.6 Å². The van der Waals surface area contributed by atoms with E-state index in [1.54, 1.807) is 0 Å². The molecule has 1 heterocycles. The third-order valence-electron chi connectivity index (χ3n) is 3.62. The molecule has 1 aromatic heterocycles. The van der Waals surface area contributed by atoms with Crippen molar-refractivity contribution in [3.8, 4) is 0 Å². The van der Waals surface area contributed by atoms with E-state index in [0.717, 1.165) is 25.1 Å². The number of rotatable bonds is 6. The van der Waals surface area contributed by atoms with Crippen LogP contribution in [-0.4, -0.2) is 11.5 Å². The van der Waals surface area contributed by atoms with Gasteiger partial charge in [0.15, 0.2) is 0 Å². The van der Waals surface area contributed by atoms with E-state index in [-0.39, 0.29) is 0 Å². The maximum atomic E-state index is 4.70. The molecule has 1 N–H and O–H groups in total. The first-order valence-electron chi connectivity index (χ1n) is 7.43. The van der Waals surface area contributed by atoms with Crippen molar-refractivity contribution in [3.63, 3.8) is 0 Å². The summed E-state index contributed by atoms with van der Waals surface area (Å²) in [6.07, 6.45) is 2.08. The topological polar surface area (TPSA) is 24.9 Å². The van der Waals surface area contributed by atoms with Gasteiger partial charge in [-0.2, -0.15) is 0 Å². The predicted molar refractivity (Wildman–Crippen MR) is 95.2 cm³/mol. The van der Waals surface area contributed by atoms with E-state index >= 15 is 0 Å². The van der Waals surface area contributed by atoms with Gasteiger partial charge in [0.05, 0.1) is 10.7 Å². The van der Waals surface area contributed by atoms with Crippen molar-refractivity contribution in [2.24, 2.45) is 0 Å². The molecule has 2 nitrogen and oxygen atoms in total. The molecule has 114 valence electrons. The van der Waals surface area contributed by atoms with Crippen molar-refractivity contribution in [2.75, 3.05) is 6.54 Å². The first kappa shape index (κ1) is 16.7. The van der Waals surface area contributed by atoms with Crippen LogP contribution in [0.5, 0.6) is 0 Å². The van der Waals surface area contributed by atoms with Crippen LogP contribution >= 0.6 is 27.3 Å². The molecule has 0 spiro atoms. The third kappa shape index (κ3) is 4.38. The highest BCUT2D eigenvalue weighted by molar-refractivity contribution is 9.10. The van der Waals surface area contributed by atoms with E-state index in [1.807, 2.05) is 11.3 Å². The standard InChI is InChI=1S/C17H23BrN2S/c1-5-8-19-16(10-17-20-12(3)13(4)21-17)14-9-11(2)6-7-15(14)18/h6-7,9,16,19H,5,8,10H2,1-4H3. The van der Waals surface area contributed by atoms with Crippen LogP contribution in [0.15, 0.2) is 22.7 Å². The van der Waals surface area contributed by atoms with Gasteiger partial charge in [0, 0.05) is 21.8 Å². The van der Waals surface area contributed by atoms with E-state index in [1.165, 1.54) is 25.5 Å². The summed E-state index contributed by atoms with van der Waals surface area (Å²) in [5.74, 6) is 0. The Labute approximate surface area is 140 Å². The predicted octanol–water partition coefficient (Wildman–Crippen LogP) is 5.11. The zero-order valence-electron chi connectivity index (χ0n) is 13.2. The largest absolute Gasteiger partial charge is 0.310 e. The number of halogens is 1. The number of aromatic nitrogens is 1. The highest BCUT2D eigenvalue weighted by Crippen LogP contribution is 2.29. The molecule has 1 aromatic carbocycles. The molecule has 0 fully saturated rings. The molecular weight excluding hydrogens is 344 g/mol. The van der Waals surface area contributed by atoms with Gasteiger partial charge in [0.2, 0.25) is 0 Å². The molecule has 0 aliphatic rings. The first-order valence-corrected chi connectivity index (χ1v) is 9.04. The lowest BCUT2D eigenvalue weighted by atomic mass is 10.0. The Balaban J connectivity index is 2.27. The van der Waals surface area contributed by atoms with Gasteiger partial charge in [-0.05, 0) is 45.4 Å². The Morgan fingerprint density at radius 3 is 2.67 bits per heavy atom. The number of nitrogens with zero attached hydrogens (tertiary/aromatic N) is 1. The molecule has 4 heteroatoms. The van der Waals surface area contributed by atoms with Crippen molar-refractivity contribution in [1.29, 1.82) is 0 Å². The number of nitrogens with one attached hydrogen (secondary N) is 1. The summed E-state index contributed by atoms with van der Waals surface area (Å²) >= 11 is 5.51. The SMILES string of the molecule is CCCNC(Cc1nc(C)c(C)s1)c1cc(C)ccc1Br. The second-order valence-electron chi connectivity index (χ2n) is 5.49. The summed E-state index contributed by atoms with van der Waals surface area (Å²) in [4.78, 5) is 6.02. The highest BCUT2D eigenvalue weighted by Gasteiger charge is 2.17. The molecule has 0 amide bonds. The number of aryl methyl sites for hydroxylation is 3. The van der Waals surface area contributed by atoms with Crippen LogP contribution in [0.2, 0.25) is 0 Å². The monoisotopic (exact) mass is 366 g/mol. The van der Waals surface area contributed by atoms with E-state index in [9.17, 15) is 0 Å². The molecule has 21 heavy (non-hydrogen) atoms. The molecule has 0 radical (unpaired) electrons. The fourth-order valence-corrected chi connectivity index (χ4v) is 3.84. The molecule has 2 aromatic rings. The molecule has 0 saturated heterocycles. The normalized spacial score (nSPS) is 12.6. The fourth-order valence-electron chi connectivity index (χ4n) is 2.34. The Bertz CT molecular complexity index is 587. The van der Waals surface area contributed by atoms with Gasteiger partial charge in [-0.25, -0.2) is 4.98 Å². The van der Waals surface area contributed by atoms with Gasteiger partial charge in [-0.1, -0.05) is 40.5 Å². The van der Waals surface area contributed by atoms with Crippen LogP contribution in [0.25, 0.3) is 0 Å². The lowest BCUT2D eigenvalue weighted by Crippen LogP contribution is -2.24. The van der Waals surface area contributed by atoms with Crippen molar-refractivity contribution < 1.29 is 0 Å². The zero-order valence-corrected chi connectivity index (χ0v) is 15.6. The smallest absolute Gasteiger partial charge is 0.0949 e. The minimum absolute atomic E-state index is 0.309. The first-order chi connectivity index (χ1) is 10.0. The zero-order chi connectivity index (χ0) is 15.4. The van der Waals surface area contributed by atoms with Crippen LogP contribution in [-0.2, 0) is 6.42 Å². The molecule has 0 bridgehead atoms. The molecule has 1 unspecified atom stereocenters. The van der Waals surface area contributed by atoms with E-state index in [0.29, 0.717) is 6.04 Å². The lowest BCUT2D eigenvalue weighted by molar-refractivity contribution is 0.526. The highest BCUT2D eigenvalue weighted by atomic mass is 79.9. The molecular formula is C17H23BrN2S. The number of thiazole rings is 1. The van der Waals surface area contributed by atoms with Crippen molar-refractivity contribution in [3.05, 3.63) is 49.4 Å². The molecule has 0 aliphatic carbocycles. The number of hydrogen-bond donors (Lipinski definition) is 1. The maximum absolute atomic E-state index is 4.70. The average Bonchev–Trinajstić information content (AvgIpc) is 2.76. The molecule has 0 aliphatic heterocycles. The maximum Gasteiger partial charge on any atom is 0.0949 e. The lowest BCUT2D eigenvalue weighted by Gasteiger charge is -2.20. The second-order valence-corrected chi connectivity index (χ2v) is 7.63. The van der Waals surface area contributed by atoms with Crippen LogP contribution < -0.4 is 5.32 Å². The van der Waals surface area contributed by atoms with Crippen LogP contribution in [0.4, 0.5) is 0 Å². The Morgan fingerprint density at radius 1 is 1.29 bits per heavy atom. The average molecular weight is 367 g/mol. The number of benzene rings is 1. The van der Waals surface area contributed by atoms with Crippen molar-refractivity contribution in [1.82, 2.24) is 10.3 Å². The Hall–Kier alpha value is -0.710. The van der Waals surface area contributed by atoms with Gasteiger partial charge in [-0.3, -0.25) is 0 Å². The molecule has 1 atom stereocenters. The van der Waals surface area contributed by atoms with E-state index < -0.39 is 0 Å². The summed E-state index contributed by atoms with van der Waals surface area (Å²) in [5, 5.41) is 4.88. The number of hydrogen-bond acceptors (Lipinski definition) is 3. The van der Waals surface area contributed by atoms with Crippen LogP contribution in [0, 0.1) is 20.8 Å². The van der Waals surface area contributed by atoms with E-state index in [4.69, 9.17) is 4.98 Å².